The number of fused-ring (bicyclic) bond motifs is 3. The molecule has 35 heavy (non-hydrogen) atoms. The predicted molar refractivity (Wildman–Crippen MR) is 133 cm³/mol. The molecule has 186 valence electrons. The largest absolute Gasteiger partial charge is 0.481 e. The fraction of sp³-hybridized carbons (Fsp3) is 0.423. The maximum absolute atomic E-state index is 13.8. The summed E-state index contributed by atoms with van der Waals surface area (Å²) in [5, 5.41) is 10.3. The number of pyridine rings is 1. The average Bonchev–Trinajstić information content (AvgIpc) is 3.16. The first-order chi connectivity index (χ1) is 16.5. The van der Waals surface area contributed by atoms with E-state index in [2.05, 4.69) is 20.5 Å². The van der Waals surface area contributed by atoms with Gasteiger partial charge < -0.3 is 19.5 Å². The number of aliphatic carboxylic acids is 1. The van der Waals surface area contributed by atoms with E-state index in [1.54, 1.807) is 18.3 Å². The third-order valence-electron chi connectivity index (χ3n) is 7.18. The van der Waals surface area contributed by atoms with Gasteiger partial charge in [-0.1, -0.05) is 12.1 Å². The van der Waals surface area contributed by atoms with Crippen LogP contribution in [0, 0.1) is 11.7 Å². The monoisotopic (exact) mass is 500 g/mol. The van der Waals surface area contributed by atoms with Crippen molar-refractivity contribution < 1.29 is 19.1 Å². The molecule has 0 unspecified atom stereocenters. The first-order valence-electron chi connectivity index (χ1n) is 11.9. The number of amides is 1. The fourth-order valence-corrected chi connectivity index (χ4v) is 5.28. The van der Waals surface area contributed by atoms with Gasteiger partial charge in [0.25, 0.3) is 0 Å². The number of piperidine rings is 1. The van der Waals surface area contributed by atoms with Crippen LogP contribution in [0.4, 0.5) is 4.39 Å². The summed E-state index contributed by atoms with van der Waals surface area (Å²) in [4.78, 5) is 32.9. The van der Waals surface area contributed by atoms with Crippen LogP contribution in [-0.4, -0.2) is 62.5 Å². The van der Waals surface area contributed by atoms with Crippen LogP contribution >= 0.6 is 12.4 Å². The van der Waals surface area contributed by atoms with Gasteiger partial charge in [0.15, 0.2) is 0 Å². The fourth-order valence-electron chi connectivity index (χ4n) is 5.28. The maximum atomic E-state index is 13.8. The van der Waals surface area contributed by atoms with E-state index in [1.165, 1.54) is 11.6 Å². The van der Waals surface area contributed by atoms with E-state index in [0.717, 1.165) is 41.8 Å². The lowest BCUT2D eigenvalue weighted by molar-refractivity contribution is -0.143. The second-order valence-electron chi connectivity index (χ2n) is 9.29. The zero-order chi connectivity index (χ0) is 23.7. The van der Waals surface area contributed by atoms with Gasteiger partial charge in [-0.3, -0.25) is 9.59 Å². The molecule has 2 aliphatic heterocycles. The number of likely N-dealkylation sites (tertiary alicyclic amines) is 1. The highest BCUT2D eigenvalue weighted by Gasteiger charge is 2.28. The van der Waals surface area contributed by atoms with E-state index in [9.17, 15) is 19.1 Å². The van der Waals surface area contributed by atoms with Gasteiger partial charge in [0, 0.05) is 43.3 Å². The molecule has 3 aromatic rings. The first-order valence-corrected chi connectivity index (χ1v) is 11.9. The molecule has 1 fully saturated rings. The molecule has 4 heterocycles. The van der Waals surface area contributed by atoms with Crippen molar-refractivity contribution in [3.63, 3.8) is 0 Å². The number of benzene rings is 1. The highest BCUT2D eigenvalue weighted by Crippen LogP contribution is 2.31. The minimum Gasteiger partial charge on any atom is -0.481 e. The molecule has 1 amide bonds. The standard InChI is InChI=1S/C26H29FN4O3.ClH/c27-20-4-1-3-18(15-20)16-31-23-17-30(14-8-21(23)22-5-2-10-28-25(22)31)24(32)9-13-29-11-6-19(7-12-29)26(33)34;/h1-5,10,15,19H,6-9,11-14,16-17H2,(H,33,34);1H. The second-order valence-corrected chi connectivity index (χ2v) is 9.29. The Labute approximate surface area is 209 Å². The Morgan fingerprint density at radius 2 is 1.91 bits per heavy atom. The van der Waals surface area contributed by atoms with Crippen LogP contribution in [-0.2, 0) is 29.1 Å². The van der Waals surface area contributed by atoms with Gasteiger partial charge in [-0.05, 0) is 67.7 Å². The Morgan fingerprint density at radius 3 is 2.66 bits per heavy atom. The van der Waals surface area contributed by atoms with Gasteiger partial charge in [0.05, 0.1) is 12.5 Å². The van der Waals surface area contributed by atoms with Gasteiger partial charge in [-0.15, -0.1) is 12.4 Å². The lowest BCUT2D eigenvalue weighted by Crippen LogP contribution is -2.41. The third-order valence-corrected chi connectivity index (χ3v) is 7.18. The Bertz CT molecular complexity index is 1220. The quantitative estimate of drug-likeness (QED) is 0.558. The summed E-state index contributed by atoms with van der Waals surface area (Å²) < 4.78 is 15.9. The van der Waals surface area contributed by atoms with E-state index < -0.39 is 5.97 Å². The van der Waals surface area contributed by atoms with E-state index in [1.807, 2.05) is 17.0 Å². The summed E-state index contributed by atoms with van der Waals surface area (Å²) >= 11 is 0. The highest BCUT2D eigenvalue weighted by molar-refractivity contribution is 5.85. The normalized spacial score (nSPS) is 16.7. The van der Waals surface area contributed by atoms with Gasteiger partial charge in [-0.25, -0.2) is 9.37 Å². The molecule has 2 aromatic heterocycles. The number of carbonyl (C=O) groups is 2. The number of rotatable bonds is 6. The van der Waals surface area contributed by atoms with Gasteiger partial charge in [-0.2, -0.15) is 0 Å². The Hall–Kier alpha value is -2.97. The van der Waals surface area contributed by atoms with Crippen molar-refractivity contribution in [2.75, 3.05) is 26.2 Å². The van der Waals surface area contributed by atoms with E-state index >= 15 is 0 Å². The summed E-state index contributed by atoms with van der Waals surface area (Å²) in [6, 6.07) is 10.6. The summed E-state index contributed by atoms with van der Waals surface area (Å²) in [6.07, 6.45) is 4.25. The van der Waals surface area contributed by atoms with Gasteiger partial charge in [0.2, 0.25) is 5.91 Å². The van der Waals surface area contributed by atoms with Crippen molar-refractivity contribution in [2.24, 2.45) is 5.92 Å². The lowest BCUT2D eigenvalue weighted by atomic mass is 9.97. The number of carboxylic acid groups (broad SMARTS) is 1. The molecular formula is C26H30ClFN4O3. The van der Waals surface area contributed by atoms with Gasteiger partial charge in [0.1, 0.15) is 11.5 Å². The molecule has 0 saturated carbocycles. The zero-order valence-electron chi connectivity index (χ0n) is 19.5. The number of nitrogens with zero attached hydrogens (tertiary/aromatic N) is 4. The summed E-state index contributed by atoms with van der Waals surface area (Å²) in [7, 11) is 0. The minimum atomic E-state index is -0.719. The zero-order valence-corrected chi connectivity index (χ0v) is 20.3. The number of hydrogen-bond acceptors (Lipinski definition) is 4. The Kier molecular flexibility index (Phi) is 7.72. The van der Waals surface area contributed by atoms with E-state index in [4.69, 9.17) is 0 Å². The van der Waals surface area contributed by atoms with Crippen LogP contribution in [0.15, 0.2) is 42.6 Å². The number of carboxylic acids is 1. The molecule has 1 aromatic carbocycles. The third kappa shape index (κ3) is 5.33. The number of halogens is 2. The van der Waals surface area contributed by atoms with Crippen LogP contribution < -0.4 is 0 Å². The first kappa shape index (κ1) is 25.1. The van der Waals surface area contributed by atoms with Crippen molar-refractivity contribution >= 4 is 35.3 Å². The summed E-state index contributed by atoms with van der Waals surface area (Å²) in [6.45, 7) is 3.79. The predicted octanol–water partition coefficient (Wildman–Crippen LogP) is 3.72. The molecule has 0 radical (unpaired) electrons. The Morgan fingerprint density at radius 1 is 1.11 bits per heavy atom. The second kappa shape index (κ2) is 10.7. The highest BCUT2D eigenvalue weighted by atomic mass is 35.5. The van der Waals surface area contributed by atoms with Crippen LogP contribution in [0.1, 0.15) is 36.1 Å². The molecule has 5 rings (SSSR count). The maximum Gasteiger partial charge on any atom is 0.306 e. The van der Waals surface area contributed by atoms with E-state index in [0.29, 0.717) is 45.4 Å². The minimum absolute atomic E-state index is 0. The van der Waals surface area contributed by atoms with E-state index in [-0.39, 0.29) is 30.0 Å². The average molecular weight is 501 g/mol. The molecule has 0 aliphatic carbocycles. The van der Waals surface area contributed by atoms with Crippen LogP contribution in [0.25, 0.3) is 11.0 Å². The van der Waals surface area contributed by atoms with Crippen LogP contribution in [0.2, 0.25) is 0 Å². The van der Waals surface area contributed by atoms with Crippen molar-refractivity contribution in [3.8, 4) is 0 Å². The molecule has 0 spiro atoms. The van der Waals surface area contributed by atoms with Crippen molar-refractivity contribution in [1.82, 2.24) is 19.4 Å². The number of aromatic nitrogens is 2. The summed E-state index contributed by atoms with van der Waals surface area (Å²) in [5.41, 5.74) is 4.02. The molecule has 0 atom stereocenters. The molecule has 0 bridgehead atoms. The van der Waals surface area contributed by atoms with Gasteiger partial charge >= 0.3 is 5.97 Å². The lowest BCUT2D eigenvalue weighted by Gasteiger charge is -2.32. The SMILES string of the molecule is Cl.O=C(O)C1CCN(CCC(=O)N2CCc3c(n(Cc4cccc(F)c4)c4ncccc34)C2)CC1. The van der Waals surface area contributed by atoms with Crippen LogP contribution in [0.3, 0.4) is 0 Å². The topological polar surface area (TPSA) is 78.7 Å². The molecule has 9 heteroatoms. The Balaban J connectivity index is 0.00000289. The molecule has 7 nitrogen and oxygen atoms in total. The summed E-state index contributed by atoms with van der Waals surface area (Å²) in [5.74, 6) is -1.13. The molecule has 1 N–H and O–H groups in total. The van der Waals surface area contributed by atoms with Crippen molar-refractivity contribution in [2.45, 2.75) is 38.8 Å². The molecular weight excluding hydrogens is 471 g/mol. The van der Waals surface area contributed by atoms with Crippen molar-refractivity contribution in [3.05, 3.63) is 65.2 Å². The smallest absolute Gasteiger partial charge is 0.306 e. The number of carbonyl (C=O) groups excluding carboxylic acids is 1. The molecule has 1 saturated heterocycles. The number of hydrogen-bond donors (Lipinski definition) is 1. The van der Waals surface area contributed by atoms with Crippen molar-refractivity contribution in [1.29, 1.82) is 0 Å². The van der Waals surface area contributed by atoms with Crippen LogP contribution in [0.5, 0.6) is 0 Å². The molecule has 2 aliphatic rings.